The number of methoxy groups -OCH3 is 1. The molecular formula is C28H32N2O8S. The van der Waals surface area contributed by atoms with Crippen molar-refractivity contribution in [1.82, 2.24) is 8.87 Å². The third-order valence-electron chi connectivity index (χ3n) is 6.64. The number of hydrogen-bond donors (Lipinski definition) is 2. The van der Waals surface area contributed by atoms with Gasteiger partial charge in [0.25, 0.3) is 10.0 Å². The van der Waals surface area contributed by atoms with Crippen LogP contribution in [0.4, 0.5) is 4.79 Å². The van der Waals surface area contributed by atoms with E-state index in [9.17, 15) is 28.2 Å². The van der Waals surface area contributed by atoms with E-state index in [1.807, 2.05) is 0 Å². The van der Waals surface area contributed by atoms with E-state index < -0.39 is 45.8 Å². The summed E-state index contributed by atoms with van der Waals surface area (Å²) in [7, 11) is -2.81. The predicted octanol–water partition coefficient (Wildman–Crippen LogP) is 3.97. The molecule has 39 heavy (non-hydrogen) atoms. The molecule has 0 spiro atoms. The second-order valence-corrected chi connectivity index (χ2v) is 12.1. The number of rotatable bonds is 7. The highest BCUT2D eigenvalue weighted by molar-refractivity contribution is 7.90. The molecule has 0 aliphatic carbocycles. The Morgan fingerprint density at radius 1 is 1.15 bits per heavy atom. The highest BCUT2D eigenvalue weighted by Crippen LogP contribution is 2.45. The minimum absolute atomic E-state index is 0.0233. The number of carbonyl (C=O) groups excluding carboxylic acids is 1. The normalized spacial score (nSPS) is 17.3. The van der Waals surface area contributed by atoms with Crippen molar-refractivity contribution in [3.63, 3.8) is 0 Å². The summed E-state index contributed by atoms with van der Waals surface area (Å²) in [4.78, 5) is 27.3. The molecule has 0 radical (unpaired) electrons. The van der Waals surface area contributed by atoms with Gasteiger partial charge in [0.05, 0.1) is 35.4 Å². The Hall–Kier alpha value is -3.83. The second-order valence-electron chi connectivity index (χ2n) is 10.3. The molecule has 10 nitrogen and oxygen atoms in total. The lowest BCUT2D eigenvalue weighted by molar-refractivity contribution is -0.148. The topological polar surface area (TPSA) is 135 Å². The van der Waals surface area contributed by atoms with Crippen LogP contribution in [0.1, 0.15) is 38.1 Å². The van der Waals surface area contributed by atoms with E-state index in [1.54, 1.807) is 57.2 Å². The van der Waals surface area contributed by atoms with Crippen LogP contribution in [0.25, 0.3) is 10.9 Å². The number of benzene rings is 2. The Morgan fingerprint density at radius 3 is 2.38 bits per heavy atom. The van der Waals surface area contributed by atoms with Gasteiger partial charge in [0.2, 0.25) is 0 Å². The summed E-state index contributed by atoms with van der Waals surface area (Å²) in [5.74, 6) is -2.60. The molecule has 2 N–H and O–H groups in total. The Labute approximate surface area is 227 Å². The van der Waals surface area contributed by atoms with E-state index in [2.05, 4.69) is 6.58 Å². The first kappa shape index (κ1) is 28.2. The Kier molecular flexibility index (Phi) is 7.50. The number of aliphatic hydroxyl groups excluding tert-OH is 1. The van der Waals surface area contributed by atoms with Gasteiger partial charge in [0.15, 0.2) is 0 Å². The third-order valence-corrected chi connectivity index (χ3v) is 8.38. The maximum Gasteiger partial charge on any atom is 0.410 e. The number of nitrogens with zero attached hydrogens (tertiary/aromatic N) is 2. The number of hydrogen-bond acceptors (Lipinski definition) is 7. The van der Waals surface area contributed by atoms with Gasteiger partial charge in [0.1, 0.15) is 17.3 Å². The van der Waals surface area contributed by atoms with Gasteiger partial charge in [-0.25, -0.2) is 17.2 Å². The third kappa shape index (κ3) is 5.11. The summed E-state index contributed by atoms with van der Waals surface area (Å²) >= 11 is 0. The SMILES string of the molecule is C=CC(O)C(C(=O)O)C1c2c(c3cc(OC)ccc3n2S(=O)(=O)c2ccccc2)CCN1C(=O)OC(C)(C)C. The van der Waals surface area contributed by atoms with Crippen LogP contribution in [0.5, 0.6) is 5.75 Å². The van der Waals surface area contributed by atoms with Gasteiger partial charge in [-0.1, -0.05) is 24.3 Å². The predicted molar refractivity (Wildman–Crippen MR) is 144 cm³/mol. The molecule has 2 aromatic carbocycles. The Morgan fingerprint density at radius 2 is 1.82 bits per heavy atom. The first-order chi connectivity index (χ1) is 18.3. The zero-order valence-corrected chi connectivity index (χ0v) is 23.0. The number of amides is 1. The molecule has 2 heterocycles. The molecule has 3 unspecified atom stereocenters. The first-order valence-corrected chi connectivity index (χ1v) is 13.8. The van der Waals surface area contributed by atoms with Crippen molar-refractivity contribution < 1.29 is 37.7 Å². The smallest absolute Gasteiger partial charge is 0.410 e. The number of aliphatic hydroxyl groups is 1. The van der Waals surface area contributed by atoms with Crippen molar-refractivity contribution in [1.29, 1.82) is 0 Å². The molecule has 4 rings (SSSR count). The van der Waals surface area contributed by atoms with Crippen LogP contribution >= 0.6 is 0 Å². The molecule has 0 saturated heterocycles. The van der Waals surface area contributed by atoms with Crippen molar-refractivity contribution in [3.8, 4) is 5.75 Å². The van der Waals surface area contributed by atoms with E-state index in [1.165, 1.54) is 24.1 Å². The fourth-order valence-corrected chi connectivity index (χ4v) is 6.60. The minimum Gasteiger partial charge on any atom is -0.497 e. The van der Waals surface area contributed by atoms with E-state index in [0.717, 1.165) is 10.0 Å². The van der Waals surface area contributed by atoms with Crippen LogP contribution in [-0.2, 0) is 26.0 Å². The first-order valence-electron chi connectivity index (χ1n) is 12.4. The molecule has 1 aliphatic heterocycles. The minimum atomic E-state index is -4.30. The molecule has 0 bridgehead atoms. The molecule has 3 aromatic rings. The molecular weight excluding hydrogens is 524 g/mol. The lowest BCUT2D eigenvalue weighted by atomic mass is 9.85. The van der Waals surface area contributed by atoms with E-state index >= 15 is 0 Å². The summed E-state index contributed by atoms with van der Waals surface area (Å²) in [5.41, 5.74) is -0.0189. The average Bonchev–Trinajstić information content (AvgIpc) is 3.22. The van der Waals surface area contributed by atoms with Crippen molar-refractivity contribution in [2.24, 2.45) is 5.92 Å². The molecule has 1 amide bonds. The van der Waals surface area contributed by atoms with E-state index in [0.29, 0.717) is 16.7 Å². The quantitative estimate of drug-likeness (QED) is 0.418. The maximum absolute atomic E-state index is 14.2. The summed E-state index contributed by atoms with van der Waals surface area (Å²) in [6, 6.07) is 11.2. The van der Waals surface area contributed by atoms with Crippen molar-refractivity contribution >= 4 is 33.0 Å². The fourth-order valence-electron chi connectivity index (χ4n) is 4.99. The van der Waals surface area contributed by atoms with Crippen LogP contribution in [0.2, 0.25) is 0 Å². The van der Waals surface area contributed by atoms with Crippen molar-refractivity contribution in [2.75, 3.05) is 13.7 Å². The monoisotopic (exact) mass is 556 g/mol. The summed E-state index contributed by atoms with van der Waals surface area (Å²) in [5, 5.41) is 21.6. The average molecular weight is 557 g/mol. The lowest BCUT2D eigenvalue weighted by Gasteiger charge is -2.41. The molecule has 3 atom stereocenters. The van der Waals surface area contributed by atoms with Crippen LogP contribution < -0.4 is 4.74 Å². The number of aromatic nitrogens is 1. The molecule has 208 valence electrons. The van der Waals surface area contributed by atoms with Gasteiger partial charge in [-0.05, 0) is 63.1 Å². The largest absolute Gasteiger partial charge is 0.497 e. The van der Waals surface area contributed by atoms with E-state index in [4.69, 9.17) is 9.47 Å². The number of carboxylic acids is 1. The highest BCUT2D eigenvalue weighted by atomic mass is 32.2. The summed E-state index contributed by atoms with van der Waals surface area (Å²) in [6.07, 6.45) is -1.17. The number of carbonyl (C=O) groups is 2. The molecule has 1 aliphatic rings. The molecule has 11 heteroatoms. The number of carboxylic acid groups (broad SMARTS) is 1. The van der Waals surface area contributed by atoms with Gasteiger partial charge < -0.3 is 19.7 Å². The van der Waals surface area contributed by atoms with Gasteiger partial charge in [-0.15, -0.1) is 6.58 Å². The Balaban J connectivity index is 2.11. The van der Waals surface area contributed by atoms with Crippen LogP contribution in [0.15, 0.2) is 66.1 Å². The second kappa shape index (κ2) is 10.4. The van der Waals surface area contributed by atoms with Crippen molar-refractivity contribution in [2.45, 2.75) is 49.8 Å². The molecule has 1 aromatic heterocycles. The number of ether oxygens (including phenoxy) is 2. The standard InChI is InChI=1S/C28H32N2O8S/c1-6-22(31)23(26(32)33)25-24-19(14-15-29(25)27(34)38-28(2,3)4)20-16-17(37-5)12-13-21(20)30(24)39(35,36)18-10-8-7-9-11-18/h6-13,16,22-23,25,31H,1,14-15H2,2-5H3,(H,32,33). The summed E-state index contributed by atoms with van der Waals surface area (Å²) in [6.45, 7) is 8.59. The lowest BCUT2D eigenvalue weighted by Crippen LogP contribution is -2.50. The molecule has 0 fully saturated rings. The molecule has 0 saturated carbocycles. The maximum atomic E-state index is 14.2. The van der Waals surface area contributed by atoms with Crippen LogP contribution in [-0.4, -0.2) is 64.9 Å². The number of fused-ring (bicyclic) bond motifs is 3. The van der Waals surface area contributed by atoms with Gasteiger partial charge in [0, 0.05) is 11.9 Å². The van der Waals surface area contributed by atoms with Gasteiger partial charge >= 0.3 is 12.1 Å². The van der Waals surface area contributed by atoms with E-state index in [-0.39, 0.29) is 29.1 Å². The van der Waals surface area contributed by atoms with Crippen molar-refractivity contribution in [3.05, 3.63) is 72.4 Å². The van der Waals surface area contributed by atoms with Crippen LogP contribution in [0, 0.1) is 5.92 Å². The highest BCUT2D eigenvalue weighted by Gasteiger charge is 2.48. The van der Waals surface area contributed by atoms with Crippen LogP contribution in [0.3, 0.4) is 0 Å². The van der Waals surface area contributed by atoms with Gasteiger partial charge in [-0.3, -0.25) is 9.69 Å². The number of aliphatic carboxylic acids is 1. The Bertz CT molecular complexity index is 1520. The van der Waals surface area contributed by atoms with Gasteiger partial charge in [-0.2, -0.15) is 0 Å². The summed E-state index contributed by atoms with van der Waals surface area (Å²) < 4.78 is 40.4. The zero-order valence-electron chi connectivity index (χ0n) is 22.2. The zero-order chi connectivity index (χ0) is 28.7. The fraction of sp³-hybridized carbons (Fsp3) is 0.357.